The van der Waals surface area contributed by atoms with Gasteiger partial charge in [-0.15, -0.1) is 0 Å². The zero-order chi connectivity index (χ0) is 11.4. The highest BCUT2D eigenvalue weighted by molar-refractivity contribution is 5.18. The molecule has 0 radical (unpaired) electrons. The van der Waals surface area contributed by atoms with Crippen molar-refractivity contribution < 1.29 is 5.11 Å². The lowest BCUT2D eigenvalue weighted by atomic mass is 9.89. The molecule has 0 amide bonds. The summed E-state index contributed by atoms with van der Waals surface area (Å²) in [5.74, 6) is 1.03. The summed E-state index contributed by atoms with van der Waals surface area (Å²) in [4.78, 5) is 0. The van der Waals surface area contributed by atoms with Gasteiger partial charge < -0.3 is 5.11 Å². The maximum absolute atomic E-state index is 10.2. The van der Waals surface area contributed by atoms with E-state index in [0.717, 1.165) is 6.42 Å². The van der Waals surface area contributed by atoms with Gasteiger partial charge in [0.25, 0.3) is 0 Å². The van der Waals surface area contributed by atoms with Gasteiger partial charge in [0.05, 0.1) is 6.10 Å². The molecule has 2 atom stereocenters. The van der Waals surface area contributed by atoms with Crippen LogP contribution in [0.15, 0.2) is 30.3 Å². The first-order valence-corrected chi connectivity index (χ1v) is 6.50. The van der Waals surface area contributed by atoms with E-state index < -0.39 is 0 Å². The molecule has 1 saturated carbocycles. The van der Waals surface area contributed by atoms with Crippen LogP contribution in [0.3, 0.4) is 0 Å². The second-order valence-corrected chi connectivity index (χ2v) is 5.16. The maximum Gasteiger partial charge on any atom is 0.0574 e. The zero-order valence-electron chi connectivity index (χ0n) is 10.1. The summed E-state index contributed by atoms with van der Waals surface area (Å²) in [5.41, 5.74) is 1.35. The van der Waals surface area contributed by atoms with Crippen molar-refractivity contribution in [1.82, 2.24) is 0 Å². The average molecular weight is 218 g/mol. The van der Waals surface area contributed by atoms with Gasteiger partial charge in [-0.3, -0.25) is 0 Å². The Morgan fingerprint density at radius 1 is 1.19 bits per heavy atom. The van der Waals surface area contributed by atoms with Crippen molar-refractivity contribution in [1.29, 1.82) is 0 Å². The van der Waals surface area contributed by atoms with Crippen molar-refractivity contribution in [3.63, 3.8) is 0 Å². The van der Waals surface area contributed by atoms with Crippen molar-refractivity contribution in [3.8, 4) is 0 Å². The highest BCUT2D eigenvalue weighted by atomic mass is 16.3. The average Bonchev–Trinajstić information content (AvgIpc) is 2.83. The van der Waals surface area contributed by atoms with Crippen LogP contribution in [0.25, 0.3) is 0 Å². The van der Waals surface area contributed by atoms with Crippen molar-refractivity contribution in [3.05, 3.63) is 35.9 Å². The lowest BCUT2D eigenvalue weighted by Gasteiger charge is -2.21. The van der Waals surface area contributed by atoms with Gasteiger partial charge in [0, 0.05) is 0 Å². The van der Waals surface area contributed by atoms with Crippen molar-refractivity contribution >= 4 is 0 Å². The largest absolute Gasteiger partial charge is 0.393 e. The molecule has 0 aromatic heterocycles. The number of aliphatic hydroxyl groups is 1. The normalized spacial score (nSPS) is 20.9. The molecule has 1 heteroatoms. The van der Waals surface area contributed by atoms with E-state index in [1.54, 1.807) is 0 Å². The van der Waals surface area contributed by atoms with Crippen LogP contribution in [0.5, 0.6) is 0 Å². The Kier molecular flexibility index (Phi) is 4.00. The second-order valence-electron chi connectivity index (χ2n) is 5.16. The summed E-state index contributed by atoms with van der Waals surface area (Å²) in [6.45, 7) is 2.22. The molecule has 0 aliphatic heterocycles. The summed E-state index contributed by atoms with van der Waals surface area (Å²) < 4.78 is 0. The third kappa shape index (κ3) is 2.85. The molecule has 1 fully saturated rings. The Balaban J connectivity index is 1.89. The molecule has 88 valence electrons. The fourth-order valence-corrected chi connectivity index (χ4v) is 2.81. The monoisotopic (exact) mass is 218 g/mol. The number of hydrogen-bond acceptors (Lipinski definition) is 1. The van der Waals surface area contributed by atoms with Crippen molar-refractivity contribution in [2.45, 2.75) is 51.0 Å². The third-order valence-electron chi connectivity index (χ3n) is 3.91. The first-order chi connectivity index (χ1) is 7.77. The number of hydrogen-bond donors (Lipinski definition) is 1. The van der Waals surface area contributed by atoms with Crippen LogP contribution < -0.4 is 0 Å². The summed E-state index contributed by atoms with van der Waals surface area (Å²) in [6.07, 6.45) is 5.88. The first-order valence-electron chi connectivity index (χ1n) is 6.50. The summed E-state index contributed by atoms with van der Waals surface area (Å²) in [7, 11) is 0. The Labute approximate surface area is 98.5 Å². The van der Waals surface area contributed by atoms with Crippen LogP contribution in [0.1, 0.15) is 50.5 Å². The molecule has 0 saturated heterocycles. The molecule has 1 nitrogen and oxygen atoms in total. The van der Waals surface area contributed by atoms with Crippen LogP contribution in [0, 0.1) is 5.92 Å². The first kappa shape index (κ1) is 11.7. The highest BCUT2D eigenvalue weighted by Crippen LogP contribution is 2.32. The molecular formula is C15H22O. The van der Waals surface area contributed by atoms with Crippen LogP contribution in [-0.2, 0) is 0 Å². The minimum atomic E-state index is -0.0993. The van der Waals surface area contributed by atoms with Crippen LogP contribution in [0.2, 0.25) is 0 Å². The van der Waals surface area contributed by atoms with Gasteiger partial charge in [0.15, 0.2) is 0 Å². The second kappa shape index (κ2) is 5.49. The summed E-state index contributed by atoms with van der Waals surface area (Å²) in [6, 6.07) is 10.5. The van der Waals surface area contributed by atoms with E-state index in [-0.39, 0.29) is 6.10 Å². The number of rotatable bonds is 4. The summed E-state index contributed by atoms with van der Waals surface area (Å²) >= 11 is 0. The van der Waals surface area contributed by atoms with Crippen molar-refractivity contribution in [2.75, 3.05) is 0 Å². The summed E-state index contributed by atoms with van der Waals surface area (Å²) in [5, 5.41) is 10.2. The minimum Gasteiger partial charge on any atom is -0.393 e. The highest BCUT2D eigenvalue weighted by Gasteiger charge is 2.24. The third-order valence-corrected chi connectivity index (χ3v) is 3.91. The van der Waals surface area contributed by atoms with E-state index in [9.17, 15) is 5.11 Å². The standard InChI is InChI=1S/C15H22O/c1-12(13-7-3-2-4-8-13)11-15(16)14-9-5-6-10-14/h2-4,7-8,12,14-16H,5-6,9-11H2,1H3. The Morgan fingerprint density at radius 3 is 2.44 bits per heavy atom. The van der Waals surface area contributed by atoms with Crippen LogP contribution in [0.4, 0.5) is 0 Å². The van der Waals surface area contributed by atoms with Gasteiger partial charge in [-0.05, 0) is 36.7 Å². The van der Waals surface area contributed by atoms with Gasteiger partial charge in [-0.2, -0.15) is 0 Å². The Morgan fingerprint density at radius 2 is 1.81 bits per heavy atom. The zero-order valence-corrected chi connectivity index (χ0v) is 10.1. The van der Waals surface area contributed by atoms with Crippen molar-refractivity contribution in [2.24, 2.45) is 5.92 Å². The fourth-order valence-electron chi connectivity index (χ4n) is 2.81. The molecule has 1 aliphatic carbocycles. The van der Waals surface area contributed by atoms with Gasteiger partial charge in [0.2, 0.25) is 0 Å². The Bertz CT molecular complexity index is 300. The van der Waals surface area contributed by atoms with Gasteiger partial charge in [-0.1, -0.05) is 50.1 Å². The molecule has 1 aliphatic rings. The van der Waals surface area contributed by atoms with Gasteiger partial charge in [-0.25, -0.2) is 0 Å². The molecule has 2 rings (SSSR count). The molecule has 16 heavy (non-hydrogen) atoms. The molecule has 2 unspecified atom stereocenters. The molecule has 0 heterocycles. The van der Waals surface area contributed by atoms with Gasteiger partial charge in [0.1, 0.15) is 0 Å². The maximum atomic E-state index is 10.2. The number of aliphatic hydroxyl groups excluding tert-OH is 1. The molecule has 1 aromatic carbocycles. The van der Waals surface area contributed by atoms with Crippen LogP contribution >= 0.6 is 0 Å². The molecular weight excluding hydrogens is 196 g/mol. The van der Waals surface area contributed by atoms with E-state index in [1.807, 2.05) is 6.07 Å². The predicted octanol–water partition coefficient (Wildman–Crippen LogP) is 3.73. The fraction of sp³-hybridized carbons (Fsp3) is 0.600. The smallest absolute Gasteiger partial charge is 0.0574 e. The Hall–Kier alpha value is -0.820. The molecule has 1 aromatic rings. The SMILES string of the molecule is CC(CC(O)C1CCCC1)c1ccccc1. The van der Waals surface area contributed by atoms with E-state index in [1.165, 1.54) is 31.2 Å². The van der Waals surface area contributed by atoms with E-state index in [4.69, 9.17) is 0 Å². The van der Waals surface area contributed by atoms with E-state index in [2.05, 4.69) is 31.2 Å². The lowest BCUT2D eigenvalue weighted by molar-refractivity contribution is 0.0959. The predicted molar refractivity (Wildman–Crippen MR) is 67.4 cm³/mol. The molecule has 0 bridgehead atoms. The topological polar surface area (TPSA) is 20.2 Å². The molecule has 1 N–H and O–H groups in total. The van der Waals surface area contributed by atoms with E-state index in [0.29, 0.717) is 11.8 Å². The van der Waals surface area contributed by atoms with Gasteiger partial charge >= 0.3 is 0 Å². The minimum absolute atomic E-state index is 0.0993. The quantitative estimate of drug-likeness (QED) is 0.816. The van der Waals surface area contributed by atoms with E-state index >= 15 is 0 Å². The lowest BCUT2D eigenvalue weighted by Crippen LogP contribution is -2.19. The van der Waals surface area contributed by atoms with Crippen LogP contribution in [-0.4, -0.2) is 11.2 Å². The molecule has 0 spiro atoms. The number of benzene rings is 1.